The monoisotopic (exact) mass is 318 g/mol. The average molecular weight is 318 g/mol. The molecule has 0 saturated heterocycles. The van der Waals surface area contributed by atoms with Gasteiger partial charge in [0.1, 0.15) is 0 Å². The fourth-order valence-electron chi connectivity index (χ4n) is 2.24. The zero-order valence-corrected chi connectivity index (χ0v) is 12.7. The molecule has 1 aromatic rings. The molecule has 0 saturated carbocycles. The minimum absolute atomic E-state index is 0.126. The summed E-state index contributed by atoms with van der Waals surface area (Å²) in [6, 6.07) is 7.61. The van der Waals surface area contributed by atoms with Crippen molar-refractivity contribution in [1.29, 1.82) is 0 Å². The molecular weight excluding hydrogens is 293 g/mol. The zero-order valence-electron chi connectivity index (χ0n) is 12.7. The molecule has 0 spiro atoms. The van der Waals surface area contributed by atoms with Gasteiger partial charge in [-0.15, -0.1) is 0 Å². The Balaban J connectivity index is 2.36. The van der Waals surface area contributed by atoms with Gasteiger partial charge in [0.25, 0.3) is 0 Å². The van der Waals surface area contributed by atoms with Crippen LogP contribution in [0.5, 0.6) is 0 Å². The highest BCUT2D eigenvalue weighted by atomic mass is 19.4. The maximum absolute atomic E-state index is 12.0. The van der Waals surface area contributed by atoms with E-state index < -0.39 is 18.8 Å². The second-order valence-corrected chi connectivity index (χ2v) is 5.44. The number of benzene rings is 1. The van der Waals surface area contributed by atoms with Crippen molar-refractivity contribution in [2.75, 3.05) is 19.6 Å². The van der Waals surface area contributed by atoms with Gasteiger partial charge in [-0.25, -0.2) is 0 Å². The number of nitrogens with two attached hydrogens (primary N) is 1. The second-order valence-electron chi connectivity index (χ2n) is 5.44. The first kappa shape index (κ1) is 18.9. The predicted molar refractivity (Wildman–Crippen MR) is 81.6 cm³/mol. The van der Waals surface area contributed by atoms with Gasteiger partial charge in [-0.2, -0.15) is 13.2 Å². The summed E-state index contributed by atoms with van der Waals surface area (Å²) in [6.45, 7) is -0.202. The number of unbranched alkanes of at least 4 members (excludes halogenated alkanes) is 2. The van der Waals surface area contributed by atoms with Crippen molar-refractivity contribution < 1.29 is 18.3 Å². The van der Waals surface area contributed by atoms with Gasteiger partial charge in [0, 0.05) is 0 Å². The van der Waals surface area contributed by atoms with Gasteiger partial charge in [-0.1, -0.05) is 30.7 Å². The largest absolute Gasteiger partial charge is 0.401 e. The molecule has 0 aliphatic carbocycles. The highest BCUT2D eigenvalue weighted by Crippen LogP contribution is 2.19. The summed E-state index contributed by atoms with van der Waals surface area (Å²) in [5, 5.41) is 12.3. The third-order valence-corrected chi connectivity index (χ3v) is 3.43. The maximum Gasteiger partial charge on any atom is 0.401 e. The van der Waals surface area contributed by atoms with E-state index in [4.69, 9.17) is 5.73 Å². The van der Waals surface area contributed by atoms with Crippen LogP contribution in [-0.4, -0.2) is 30.9 Å². The minimum atomic E-state index is -4.21. The van der Waals surface area contributed by atoms with Gasteiger partial charge >= 0.3 is 6.18 Å². The molecule has 0 aliphatic heterocycles. The standard InChI is InChI=1S/C16H25F3N2O/c17-16(18,19)12-21-10-8-15(22)14-7-4-6-13(11-14)5-2-1-3-9-20/h4,6-7,11,15,21-22H,1-3,5,8-10,12,20H2. The van der Waals surface area contributed by atoms with E-state index in [0.29, 0.717) is 6.54 Å². The summed E-state index contributed by atoms with van der Waals surface area (Å²) >= 11 is 0. The minimum Gasteiger partial charge on any atom is -0.388 e. The molecule has 126 valence electrons. The first-order valence-corrected chi connectivity index (χ1v) is 7.67. The molecule has 4 N–H and O–H groups in total. The molecule has 0 heterocycles. The molecule has 0 aromatic heterocycles. The number of rotatable bonds is 10. The number of nitrogens with one attached hydrogen (secondary N) is 1. The first-order valence-electron chi connectivity index (χ1n) is 7.67. The Morgan fingerprint density at radius 1 is 1.18 bits per heavy atom. The quantitative estimate of drug-likeness (QED) is 0.581. The molecule has 1 rings (SSSR count). The Bertz CT molecular complexity index is 424. The molecule has 0 radical (unpaired) electrons. The second kappa shape index (κ2) is 9.82. The van der Waals surface area contributed by atoms with Gasteiger partial charge in [-0.05, 0) is 49.9 Å². The van der Waals surface area contributed by atoms with Crippen molar-refractivity contribution in [1.82, 2.24) is 5.32 Å². The molecule has 1 aromatic carbocycles. The SMILES string of the molecule is NCCCCCc1cccc(C(O)CCNCC(F)(F)F)c1. The number of hydrogen-bond acceptors (Lipinski definition) is 3. The molecule has 1 atom stereocenters. The number of aryl methyl sites for hydroxylation is 1. The average Bonchev–Trinajstić information content (AvgIpc) is 2.47. The van der Waals surface area contributed by atoms with E-state index in [1.54, 1.807) is 6.07 Å². The highest BCUT2D eigenvalue weighted by molar-refractivity contribution is 5.25. The van der Waals surface area contributed by atoms with E-state index in [9.17, 15) is 18.3 Å². The summed E-state index contributed by atoms with van der Waals surface area (Å²) in [4.78, 5) is 0. The lowest BCUT2D eigenvalue weighted by Crippen LogP contribution is -2.30. The van der Waals surface area contributed by atoms with Gasteiger partial charge < -0.3 is 16.2 Å². The van der Waals surface area contributed by atoms with E-state index in [2.05, 4.69) is 5.32 Å². The van der Waals surface area contributed by atoms with Crippen LogP contribution < -0.4 is 11.1 Å². The number of aliphatic hydroxyl groups excluding tert-OH is 1. The zero-order chi connectivity index (χ0) is 16.4. The Hall–Kier alpha value is -1.11. The summed E-state index contributed by atoms with van der Waals surface area (Å²) in [7, 11) is 0. The summed E-state index contributed by atoms with van der Waals surface area (Å²) in [5.74, 6) is 0. The number of alkyl halides is 3. The van der Waals surface area contributed by atoms with Gasteiger partial charge in [0.05, 0.1) is 12.6 Å². The summed E-state index contributed by atoms with van der Waals surface area (Å²) in [6.07, 6.45) is -0.653. The Kier molecular flexibility index (Phi) is 8.45. The third-order valence-electron chi connectivity index (χ3n) is 3.43. The van der Waals surface area contributed by atoms with E-state index in [1.807, 2.05) is 18.2 Å². The van der Waals surface area contributed by atoms with Crippen molar-refractivity contribution >= 4 is 0 Å². The molecule has 22 heavy (non-hydrogen) atoms. The van der Waals surface area contributed by atoms with E-state index >= 15 is 0 Å². The Labute approximate surface area is 129 Å². The van der Waals surface area contributed by atoms with Crippen LogP contribution in [0.1, 0.15) is 42.9 Å². The lowest BCUT2D eigenvalue weighted by molar-refractivity contribution is -0.124. The molecular formula is C16H25F3N2O. The highest BCUT2D eigenvalue weighted by Gasteiger charge is 2.26. The molecule has 0 aliphatic rings. The molecule has 0 fully saturated rings. The fraction of sp³-hybridized carbons (Fsp3) is 0.625. The lowest BCUT2D eigenvalue weighted by Gasteiger charge is -2.14. The number of aliphatic hydroxyl groups is 1. The van der Waals surface area contributed by atoms with Gasteiger partial charge in [-0.3, -0.25) is 0 Å². The van der Waals surface area contributed by atoms with Crippen molar-refractivity contribution in [2.45, 2.75) is 44.4 Å². The summed E-state index contributed by atoms with van der Waals surface area (Å²) in [5.41, 5.74) is 7.34. The van der Waals surface area contributed by atoms with Crippen molar-refractivity contribution in [2.24, 2.45) is 5.73 Å². The van der Waals surface area contributed by atoms with Crippen LogP contribution in [0.2, 0.25) is 0 Å². The fourth-order valence-corrected chi connectivity index (χ4v) is 2.24. The normalized spacial score (nSPS) is 13.3. The van der Waals surface area contributed by atoms with Crippen molar-refractivity contribution in [3.8, 4) is 0 Å². The van der Waals surface area contributed by atoms with Crippen molar-refractivity contribution in [3.05, 3.63) is 35.4 Å². The first-order chi connectivity index (χ1) is 10.4. The topological polar surface area (TPSA) is 58.3 Å². The summed E-state index contributed by atoms with van der Waals surface area (Å²) < 4.78 is 36.0. The molecule has 6 heteroatoms. The molecule has 1 unspecified atom stereocenters. The Morgan fingerprint density at radius 2 is 1.95 bits per heavy atom. The Morgan fingerprint density at radius 3 is 2.64 bits per heavy atom. The van der Waals surface area contributed by atoms with Crippen LogP contribution >= 0.6 is 0 Å². The lowest BCUT2D eigenvalue weighted by atomic mass is 10.0. The predicted octanol–water partition coefficient (Wildman–Crippen LogP) is 2.93. The third kappa shape index (κ3) is 8.36. The van der Waals surface area contributed by atoms with Gasteiger partial charge in [0.15, 0.2) is 0 Å². The van der Waals surface area contributed by atoms with Crippen LogP contribution in [-0.2, 0) is 6.42 Å². The van der Waals surface area contributed by atoms with E-state index in [-0.39, 0.29) is 13.0 Å². The number of halogens is 3. The van der Waals surface area contributed by atoms with E-state index in [0.717, 1.165) is 36.8 Å². The van der Waals surface area contributed by atoms with Crippen LogP contribution in [0, 0.1) is 0 Å². The van der Waals surface area contributed by atoms with E-state index in [1.165, 1.54) is 0 Å². The van der Waals surface area contributed by atoms with Crippen molar-refractivity contribution in [3.63, 3.8) is 0 Å². The molecule has 0 amide bonds. The molecule has 3 nitrogen and oxygen atoms in total. The van der Waals surface area contributed by atoms with Crippen LogP contribution in [0.4, 0.5) is 13.2 Å². The van der Waals surface area contributed by atoms with Crippen LogP contribution in [0.25, 0.3) is 0 Å². The maximum atomic E-state index is 12.0. The van der Waals surface area contributed by atoms with Gasteiger partial charge in [0.2, 0.25) is 0 Å². The number of hydrogen-bond donors (Lipinski definition) is 3. The van der Waals surface area contributed by atoms with Crippen LogP contribution in [0.3, 0.4) is 0 Å². The smallest absolute Gasteiger partial charge is 0.388 e. The van der Waals surface area contributed by atoms with Crippen LogP contribution in [0.15, 0.2) is 24.3 Å². The molecule has 0 bridgehead atoms.